The number of aromatic hydroxyl groups is 2. The van der Waals surface area contributed by atoms with Crippen LogP contribution in [0.3, 0.4) is 0 Å². The van der Waals surface area contributed by atoms with Crippen molar-refractivity contribution < 1.29 is 19.4 Å². The molecule has 0 radical (unpaired) electrons. The van der Waals surface area contributed by atoms with Crippen LogP contribution in [0.5, 0.6) is 17.2 Å². The average Bonchev–Trinajstić information content (AvgIpc) is 2.47. The molecule has 2 aromatic heterocycles. The molecule has 0 saturated carbocycles. The highest BCUT2D eigenvalue weighted by molar-refractivity contribution is 7.99. The Balaban J connectivity index is 2.15. The fourth-order valence-corrected chi connectivity index (χ4v) is 2.81. The number of benzene rings is 1. The van der Waals surface area contributed by atoms with Crippen LogP contribution in [0, 0.1) is 0 Å². The SMILES string of the molecule is COc1c(O)cc2oc(Sc3ccncc3)cc(=O)c2c1O. The van der Waals surface area contributed by atoms with Gasteiger partial charge in [0.1, 0.15) is 11.0 Å². The van der Waals surface area contributed by atoms with Crippen molar-refractivity contribution >= 4 is 22.7 Å². The molecule has 0 bridgehead atoms. The molecule has 2 N–H and O–H groups in total. The topological polar surface area (TPSA) is 92.8 Å². The third kappa shape index (κ3) is 2.46. The Morgan fingerprint density at radius 1 is 1.23 bits per heavy atom. The van der Waals surface area contributed by atoms with Gasteiger partial charge in [0.05, 0.1) is 7.11 Å². The number of hydrogen-bond acceptors (Lipinski definition) is 7. The van der Waals surface area contributed by atoms with Crippen molar-refractivity contribution in [3.63, 3.8) is 0 Å². The van der Waals surface area contributed by atoms with Crippen LogP contribution in [0.1, 0.15) is 0 Å². The number of rotatable bonds is 3. The summed E-state index contributed by atoms with van der Waals surface area (Å²) in [5, 5.41) is 20.1. The molecule has 22 heavy (non-hydrogen) atoms. The molecule has 6 nitrogen and oxygen atoms in total. The molecule has 1 aromatic carbocycles. The lowest BCUT2D eigenvalue weighted by molar-refractivity contribution is 0.345. The monoisotopic (exact) mass is 317 g/mol. The fraction of sp³-hybridized carbons (Fsp3) is 0.0667. The molecular weight excluding hydrogens is 306 g/mol. The third-order valence-electron chi connectivity index (χ3n) is 2.98. The van der Waals surface area contributed by atoms with Crippen LogP contribution in [0.25, 0.3) is 11.0 Å². The molecule has 0 amide bonds. The smallest absolute Gasteiger partial charge is 0.203 e. The number of nitrogens with zero attached hydrogens (tertiary/aromatic N) is 1. The van der Waals surface area contributed by atoms with Crippen LogP contribution in [-0.2, 0) is 0 Å². The highest BCUT2D eigenvalue weighted by atomic mass is 32.2. The number of phenols is 2. The Hall–Kier alpha value is -2.67. The minimum Gasteiger partial charge on any atom is -0.504 e. The maximum atomic E-state index is 12.2. The maximum absolute atomic E-state index is 12.2. The van der Waals surface area contributed by atoms with Gasteiger partial charge in [0, 0.05) is 29.4 Å². The van der Waals surface area contributed by atoms with E-state index in [1.54, 1.807) is 24.5 Å². The molecule has 0 aliphatic heterocycles. The average molecular weight is 317 g/mol. The van der Waals surface area contributed by atoms with Gasteiger partial charge in [0.2, 0.25) is 5.75 Å². The van der Waals surface area contributed by atoms with Gasteiger partial charge in [-0.05, 0) is 12.1 Å². The summed E-state index contributed by atoms with van der Waals surface area (Å²) >= 11 is 1.24. The van der Waals surface area contributed by atoms with Crippen LogP contribution in [0.4, 0.5) is 0 Å². The lowest BCUT2D eigenvalue weighted by atomic mass is 10.2. The summed E-state index contributed by atoms with van der Waals surface area (Å²) in [6.45, 7) is 0. The predicted octanol–water partition coefficient (Wildman–Crippen LogP) is 2.76. The van der Waals surface area contributed by atoms with Crippen molar-refractivity contribution in [2.75, 3.05) is 7.11 Å². The van der Waals surface area contributed by atoms with E-state index in [0.29, 0.717) is 5.09 Å². The molecule has 0 spiro atoms. The number of phenolic OH excluding ortho intramolecular Hbond substituents is 2. The zero-order valence-electron chi connectivity index (χ0n) is 11.4. The van der Waals surface area contributed by atoms with E-state index >= 15 is 0 Å². The second kappa shape index (κ2) is 5.61. The van der Waals surface area contributed by atoms with Crippen molar-refractivity contribution in [3.8, 4) is 17.2 Å². The van der Waals surface area contributed by atoms with Crippen molar-refractivity contribution in [1.82, 2.24) is 4.98 Å². The van der Waals surface area contributed by atoms with Gasteiger partial charge in [-0.15, -0.1) is 0 Å². The van der Waals surface area contributed by atoms with Crippen LogP contribution >= 0.6 is 11.8 Å². The number of aromatic nitrogens is 1. The lowest BCUT2D eigenvalue weighted by Crippen LogP contribution is -2.01. The molecule has 3 rings (SSSR count). The lowest BCUT2D eigenvalue weighted by Gasteiger charge is -2.09. The van der Waals surface area contributed by atoms with E-state index in [4.69, 9.17) is 9.15 Å². The summed E-state index contributed by atoms with van der Waals surface area (Å²) in [6.07, 6.45) is 3.26. The third-order valence-corrected chi connectivity index (χ3v) is 3.89. The zero-order chi connectivity index (χ0) is 15.7. The molecule has 0 atom stereocenters. The van der Waals surface area contributed by atoms with E-state index in [9.17, 15) is 15.0 Å². The Bertz CT molecular complexity index is 892. The number of fused-ring (bicyclic) bond motifs is 1. The van der Waals surface area contributed by atoms with E-state index in [1.807, 2.05) is 0 Å². The first-order valence-corrected chi connectivity index (χ1v) is 7.06. The van der Waals surface area contributed by atoms with Gasteiger partial charge < -0.3 is 19.4 Å². The molecule has 0 aliphatic rings. The standard InChI is InChI=1S/C15H11NO5S/c1-20-15-10(18)6-11-13(14(15)19)9(17)7-12(21-11)22-8-2-4-16-5-3-8/h2-7,18-19H,1H3. The molecule has 112 valence electrons. The van der Waals surface area contributed by atoms with E-state index in [2.05, 4.69) is 4.98 Å². The van der Waals surface area contributed by atoms with Crippen molar-refractivity contribution in [1.29, 1.82) is 0 Å². The summed E-state index contributed by atoms with van der Waals surface area (Å²) in [5.41, 5.74) is -0.339. The molecule has 0 unspecified atom stereocenters. The zero-order valence-corrected chi connectivity index (χ0v) is 12.3. The Labute approximate surface area is 129 Å². The molecule has 2 heterocycles. The first-order chi connectivity index (χ1) is 10.6. The number of hydrogen-bond donors (Lipinski definition) is 2. The minimum absolute atomic E-state index is 0.0336. The predicted molar refractivity (Wildman–Crippen MR) is 80.7 cm³/mol. The molecule has 0 aliphatic carbocycles. The van der Waals surface area contributed by atoms with Crippen LogP contribution < -0.4 is 10.2 Å². The largest absolute Gasteiger partial charge is 0.504 e. The molecule has 0 fully saturated rings. The van der Waals surface area contributed by atoms with Gasteiger partial charge in [0.25, 0.3) is 0 Å². The van der Waals surface area contributed by atoms with Crippen molar-refractivity contribution in [2.45, 2.75) is 9.99 Å². The Morgan fingerprint density at radius 2 is 1.95 bits per heavy atom. The van der Waals surface area contributed by atoms with Crippen LogP contribution in [0.15, 0.2) is 55.9 Å². The van der Waals surface area contributed by atoms with Gasteiger partial charge in [-0.1, -0.05) is 11.8 Å². The molecule has 0 saturated heterocycles. The van der Waals surface area contributed by atoms with Gasteiger partial charge in [-0.2, -0.15) is 0 Å². The Kier molecular flexibility index (Phi) is 3.64. The van der Waals surface area contributed by atoms with E-state index in [-0.39, 0.29) is 22.5 Å². The first kappa shape index (κ1) is 14.3. The van der Waals surface area contributed by atoms with E-state index < -0.39 is 11.2 Å². The number of ether oxygens (including phenoxy) is 1. The number of methoxy groups -OCH3 is 1. The summed E-state index contributed by atoms with van der Waals surface area (Å²) in [4.78, 5) is 17.0. The second-order valence-electron chi connectivity index (χ2n) is 4.37. The molecule has 3 aromatic rings. The fourth-order valence-electron chi connectivity index (χ4n) is 2.02. The van der Waals surface area contributed by atoms with Gasteiger partial charge in [-0.25, -0.2) is 0 Å². The Morgan fingerprint density at radius 3 is 2.64 bits per heavy atom. The highest BCUT2D eigenvalue weighted by Crippen LogP contribution is 2.41. The van der Waals surface area contributed by atoms with E-state index in [1.165, 1.54) is 31.0 Å². The summed E-state index contributed by atoms with van der Waals surface area (Å²) in [7, 11) is 1.29. The number of pyridine rings is 1. The van der Waals surface area contributed by atoms with Crippen molar-refractivity contribution in [2.24, 2.45) is 0 Å². The normalized spacial score (nSPS) is 10.8. The van der Waals surface area contributed by atoms with Crippen LogP contribution in [-0.4, -0.2) is 22.3 Å². The molecular formula is C15H11NO5S. The summed E-state index contributed by atoms with van der Waals surface area (Å²) < 4.78 is 10.4. The maximum Gasteiger partial charge on any atom is 0.203 e. The van der Waals surface area contributed by atoms with Gasteiger partial charge >= 0.3 is 0 Å². The van der Waals surface area contributed by atoms with Gasteiger partial charge in [-0.3, -0.25) is 9.78 Å². The minimum atomic E-state index is -0.438. The van der Waals surface area contributed by atoms with E-state index in [0.717, 1.165) is 4.90 Å². The van der Waals surface area contributed by atoms with Crippen molar-refractivity contribution in [3.05, 3.63) is 46.9 Å². The summed E-state index contributed by atoms with van der Waals surface area (Å²) in [6, 6.07) is 6.07. The molecule has 7 heteroatoms. The first-order valence-electron chi connectivity index (χ1n) is 6.25. The van der Waals surface area contributed by atoms with Gasteiger partial charge in [0.15, 0.2) is 22.0 Å². The highest BCUT2D eigenvalue weighted by Gasteiger charge is 2.18. The quantitative estimate of drug-likeness (QED) is 0.767. The second-order valence-corrected chi connectivity index (χ2v) is 5.44. The summed E-state index contributed by atoms with van der Waals surface area (Å²) in [5.74, 6) is -0.900. The van der Waals surface area contributed by atoms with Crippen LogP contribution in [0.2, 0.25) is 0 Å².